The highest BCUT2D eigenvalue weighted by Gasteiger charge is 2.41. The third kappa shape index (κ3) is 5.53. The SMILES string of the molecule is CC(C)c1ccc(CN2CCCC(O)(CNCCN(C)C)C2=O)cc1. The predicted octanol–water partition coefficient (Wildman–Crippen LogP) is 1.81. The lowest BCUT2D eigenvalue weighted by molar-refractivity contribution is -0.157. The van der Waals surface area contributed by atoms with Crippen molar-refractivity contribution in [2.24, 2.45) is 0 Å². The van der Waals surface area contributed by atoms with E-state index in [1.54, 1.807) is 4.90 Å². The van der Waals surface area contributed by atoms with Gasteiger partial charge in [-0.25, -0.2) is 0 Å². The molecule has 1 unspecified atom stereocenters. The number of carbonyl (C=O) groups is 1. The molecule has 0 aliphatic carbocycles. The molecular weight excluding hydrogens is 314 g/mol. The summed E-state index contributed by atoms with van der Waals surface area (Å²) >= 11 is 0. The molecule has 1 atom stereocenters. The largest absolute Gasteiger partial charge is 0.379 e. The molecule has 1 fully saturated rings. The summed E-state index contributed by atoms with van der Waals surface area (Å²) in [5, 5.41) is 14.0. The van der Waals surface area contributed by atoms with E-state index in [1.807, 2.05) is 14.1 Å². The molecule has 0 spiro atoms. The summed E-state index contributed by atoms with van der Waals surface area (Å²) in [5.74, 6) is 0.355. The summed E-state index contributed by atoms with van der Waals surface area (Å²) in [6, 6.07) is 8.43. The van der Waals surface area contributed by atoms with Gasteiger partial charge in [0.2, 0.25) is 0 Å². The molecule has 2 rings (SSSR count). The first-order valence-corrected chi connectivity index (χ1v) is 9.28. The molecule has 5 heteroatoms. The maximum Gasteiger partial charge on any atom is 0.256 e. The number of piperidine rings is 1. The zero-order valence-corrected chi connectivity index (χ0v) is 16.1. The highest BCUT2D eigenvalue weighted by atomic mass is 16.3. The number of benzene rings is 1. The first-order valence-electron chi connectivity index (χ1n) is 9.28. The Balaban J connectivity index is 1.94. The molecule has 0 saturated carbocycles. The normalized spacial score (nSPS) is 21.4. The molecule has 1 aliphatic rings. The number of nitrogens with zero attached hydrogens (tertiary/aromatic N) is 2. The van der Waals surface area contributed by atoms with Crippen LogP contribution in [0, 0.1) is 0 Å². The van der Waals surface area contributed by atoms with Gasteiger partial charge in [-0.15, -0.1) is 0 Å². The lowest BCUT2D eigenvalue weighted by Gasteiger charge is -2.38. The highest BCUT2D eigenvalue weighted by Crippen LogP contribution is 2.24. The fourth-order valence-electron chi connectivity index (χ4n) is 3.21. The second-order valence-electron chi connectivity index (χ2n) is 7.74. The molecule has 1 aromatic rings. The standard InChI is InChI=1S/C20H33N3O2/c1-16(2)18-8-6-17(7-9-18)14-23-12-5-10-20(25,19(23)24)15-21-11-13-22(3)4/h6-9,16,21,25H,5,10-15H2,1-4H3. The minimum atomic E-state index is -1.28. The van der Waals surface area contributed by atoms with Crippen LogP contribution in [0.2, 0.25) is 0 Å². The first-order chi connectivity index (χ1) is 11.8. The van der Waals surface area contributed by atoms with Crippen molar-refractivity contribution in [1.82, 2.24) is 15.1 Å². The van der Waals surface area contributed by atoms with Crippen molar-refractivity contribution in [3.05, 3.63) is 35.4 Å². The van der Waals surface area contributed by atoms with Crippen LogP contribution in [-0.2, 0) is 11.3 Å². The Hall–Kier alpha value is -1.43. The number of likely N-dealkylation sites (N-methyl/N-ethyl adjacent to an activating group) is 1. The zero-order valence-electron chi connectivity index (χ0n) is 16.1. The number of rotatable bonds is 8. The van der Waals surface area contributed by atoms with E-state index in [0.29, 0.717) is 32.0 Å². The maximum atomic E-state index is 12.8. The van der Waals surface area contributed by atoms with E-state index in [-0.39, 0.29) is 5.91 Å². The molecule has 1 aliphatic heterocycles. The minimum Gasteiger partial charge on any atom is -0.379 e. The van der Waals surface area contributed by atoms with Crippen LogP contribution in [0.1, 0.15) is 43.7 Å². The van der Waals surface area contributed by atoms with Gasteiger partial charge in [0.15, 0.2) is 5.60 Å². The minimum absolute atomic E-state index is 0.149. The molecule has 140 valence electrons. The van der Waals surface area contributed by atoms with E-state index in [9.17, 15) is 9.90 Å². The van der Waals surface area contributed by atoms with E-state index in [4.69, 9.17) is 0 Å². The number of nitrogens with one attached hydrogen (secondary N) is 1. The van der Waals surface area contributed by atoms with Crippen LogP contribution in [-0.4, -0.2) is 66.7 Å². The van der Waals surface area contributed by atoms with Gasteiger partial charge in [-0.3, -0.25) is 4.79 Å². The predicted molar refractivity (Wildman–Crippen MR) is 102 cm³/mol. The van der Waals surface area contributed by atoms with Crippen LogP contribution in [0.4, 0.5) is 0 Å². The van der Waals surface area contributed by atoms with Crippen molar-refractivity contribution in [3.8, 4) is 0 Å². The molecule has 1 saturated heterocycles. The fraction of sp³-hybridized carbons (Fsp3) is 0.650. The van der Waals surface area contributed by atoms with E-state index in [1.165, 1.54) is 5.56 Å². The number of amides is 1. The maximum absolute atomic E-state index is 12.8. The van der Waals surface area contributed by atoms with Crippen molar-refractivity contribution in [2.45, 2.75) is 44.8 Å². The molecule has 0 aromatic heterocycles. The second-order valence-corrected chi connectivity index (χ2v) is 7.74. The van der Waals surface area contributed by atoms with Gasteiger partial charge in [-0.1, -0.05) is 38.1 Å². The van der Waals surface area contributed by atoms with E-state index in [0.717, 1.165) is 25.1 Å². The summed E-state index contributed by atoms with van der Waals surface area (Å²) in [6.45, 7) is 7.60. The number of aliphatic hydroxyl groups is 1. The number of hydrogen-bond acceptors (Lipinski definition) is 4. The molecule has 2 N–H and O–H groups in total. The average molecular weight is 348 g/mol. The Kier molecular flexibility index (Phi) is 6.99. The quantitative estimate of drug-likeness (QED) is 0.704. The molecule has 0 radical (unpaired) electrons. The monoisotopic (exact) mass is 347 g/mol. The van der Waals surface area contributed by atoms with Gasteiger partial charge in [-0.2, -0.15) is 0 Å². The molecule has 25 heavy (non-hydrogen) atoms. The second kappa shape index (κ2) is 8.79. The Morgan fingerprint density at radius 2 is 1.96 bits per heavy atom. The molecule has 5 nitrogen and oxygen atoms in total. The van der Waals surface area contributed by atoms with Crippen LogP contribution in [0.25, 0.3) is 0 Å². The molecular formula is C20H33N3O2. The molecule has 1 aromatic carbocycles. The van der Waals surface area contributed by atoms with Gasteiger partial charge < -0.3 is 20.2 Å². The Morgan fingerprint density at radius 1 is 1.28 bits per heavy atom. The van der Waals surface area contributed by atoms with E-state index >= 15 is 0 Å². The van der Waals surface area contributed by atoms with E-state index < -0.39 is 5.60 Å². The van der Waals surface area contributed by atoms with Crippen LogP contribution >= 0.6 is 0 Å². The Labute approximate surface area is 152 Å². The summed E-state index contributed by atoms with van der Waals surface area (Å²) in [6.07, 6.45) is 1.37. The topological polar surface area (TPSA) is 55.8 Å². The molecule has 1 amide bonds. The smallest absolute Gasteiger partial charge is 0.256 e. The van der Waals surface area contributed by atoms with Gasteiger partial charge in [-0.05, 0) is 44.0 Å². The van der Waals surface area contributed by atoms with Gasteiger partial charge in [0, 0.05) is 32.7 Å². The summed E-state index contributed by atoms with van der Waals surface area (Å²) in [7, 11) is 4.02. The lowest BCUT2D eigenvalue weighted by Crippen LogP contribution is -2.58. The number of likely N-dealkylation sites (tertiary alicyclic amines) is 1. The zero-order chi connectivity index (χ0) is 18.4. The first kappa shape index (κ1) is 19.9. The van der Waals surface area contributed by atoms with Gasteiger partial charge in [0.25, 0.3) is 5.91 Å². The number of carbonyl (C=O) groups excluding carboxylic acids is 1. The summed E-state index contributed by atoms with van der Waals surface area (Å²) < 4.78 is 0. The Bertz CT molecular complexity index is 557. The third-order valence-corrected chi connectivity index (χ3v) is 4.88. The van der Waals surface area contributed by atoms with Crippen molar-refractivity contribution in [3.63, 3.8) is 0 Å². The Morgan fingerprint density at radius 3 is 2.56 bits per heavy atom. The van der Waals surface area contributed by atoms with Crippen molar-refractivity contribution in [1.29, 1.82) is 0 Å². The highest BCUT2D eigenvalue weighted by molar-refractivity contribution is 5.86. The third-order valence-electron chi connectivity index (χ3n) is 4.88. The van der Waals surface area contributed by atoms with Crippen molar-refractivity contribution in [2.75, 3.05) is 40.3 Å². The average Bonchev–Trinajstić information content (AvgIpc) is 2.56. The van der Waals surface area contributed by atoms with Gasteiger partial charge in [0.05, 0.1) is 0 Å². The van der Waals surface area contributed by atoms with Gasteiger partial charge in [0.1, 0.15) is 0 Å². The van der Waals surface area contributed by atoms with Crippen LogP contribution < -0.4 is 5.32 Å². The lowest BCUT2D eigenvalue weighted by atomic mass is 9.91. The van der Waals surface area contributed by atoms with Crippen LogP contribution in [0.3, 0.4) is 0 Å². The fourth-order valence-corrected chi connectivity index (χ4v) is 3.21. The summed E-state index contributed by atoms with van der Waals surface area (Å²) in [5.41, 5.74) is 1.14. The molecule has 0 bridgehead atoms. The van der Waals surface area contributed by atoms with E-state index in [2.05, 4.69) is 48.3 Å². The summed E-state index contributed by atoms with van der Waals surface area (Å²) in [4.78, 5) is 16.6. The van der Waals surface area contributed by atoms with Crippen LogP contribution in [0.15, 0.2) is 24.3 Å². The van der Waals surface area contributed by atoms with Crippen molar-refractivity contribution < 1.29 is 9.90 Å². The van der Waals surface area contributed by atoms with Crippen molar-refractivity contribution >= 4 is 5.91 Å². The van der Waals surface area contributed by atoms with Crippen LogP contribution in [0.5, 0.6) is 0 Å². The number of hydrogen-bond donors (Lipinski definition) is 2. The van der Waals surface area contributed by atoms with Gasteiger partial charge >= 0.3 is 0 Å². The molecule has 1 heterocycles.